The molecule has 4 aromatic rings. The Bertz CT molecular complexity index is 1400. The van der Waals surface area contributed by atoms with Crippen molar-refractivity contribution in [1.29, 1.82) is 0 Å². The number of nitrogens with zero attached hydrogens (tertiary/aromatic N) is 2. The zero-order valence-corrected chi connectivity index (χ0v) is 18.0. The van der Waals surface area contributed by atoms with Gasteiger partial charge in [-0.05, 0) is 35.2 Å². The predicted molar refractivity (Wildman–Crippen MR) is 126 cm³/mol. The van der Waals surface area contributed by atoms with Crippen molar-refractivity contribution in [2.24, 2.45) is 16.9 Å². The summed E-state index contributed by atoms with van der Waals surface area (Å²) >= 11 is 0. The number of carbonyl (C=O) groups is 2. The quantitative estimate of drug-likeness (QED) is 0.369. The van der Waals surface area contributed by atoms with Gasteiger partial charge in [-0.1, -0.05) is 66.7 Å². The summed E-state index contributed by atoms with van der Waals surface area (Å²) in [7, 11) is 0. The number of hydrogen-bond acceptors (Lipinski definition) is 3. The average Bonchev–Trinajstić information content (AvgIpc) is 3.30. The van der Waals surface area contributed by atoms with Gasteiger partial charge in [0.15, 0.2) is 0 Å². The van der Waals surface area contributed by atoms with Gasteiger partial charge in [0.1, 0.15) is 0 Å². The van der Waals surface area contributed by atoms with E-state index in [0.717, 1.165) is 27.2 Å². The molecule has 8 rings (SSSR count). The van der Waals surface area contributed by atoms with Crippen LogP contribution in [-0.4, -0.2) is 28.0 Å². The van der Waals surface area contributed by atoms with Crippen LogP contribution in [-0.2, 0) is 9.59 Å². The molecule has 2 atom stereocenters. The fraction of sp³-hybridized carbons (Fsp3) is 0.179. The molecule has 1 N–H and O–H groups in total. The number of benzene rings is 3. The van der Waals surface area contributed by atoms with Gasteiger partial charge >= 0.3 is 0 Å². The maximum absolute atomic E-state index is 13.7. The maximum atomic E-state index is 13.7. The number of nitrogens with one attached hydrogen (secondary N) is 1. The van der Waals surface area contributed by atoms with Crippen LogP contribution in [0, 0.1) is 18.8 Å². The van der Waals surface area contributed by atoms with Crippen molar-refractivity contribution in [2.45, 2.75) is 18.8 Å². The largest absolute Gasteiger partial charge is 0.358 e. The topological polar surface area (TPSA) is 65.5 Å². The lowest BCUT2D eigenvalue weighted by molar-refractivity contribution is -0.139. The molecule has 1 fully saturated rings. The summed E-state index contributed by atoms with van der Waals surface area (Å²) in [5.41, 5.74) is 7.53. The molecular formula is C28H21N3O2. The van der Waals surface area contributed by atoms with Crippen LogP contribution >= 0.6 is 0 Å². The SMILES string of the molecule is Cc1[nH]c2ccccc2c1/C=N\N1C(=O)[C@@H]2C3c4ccccc4C(c4ccccc43)[C@H]2C1=O. The first kappa shape index (κ1) is 18.6. The van der Waals surface area contributed by atoms with Gasteiger partial charge in [-0.3, -0.25) is 9.59 Å². The summed E-state index contributed by atoms with van der Waals surface area (Å²) in [6.07, 6.45) is 1.66. The van der Waals surface area contributed by atoms with Gasteiger partial charge in [0.25, 0.3) is 11.8 Å². The molecule has 1 saturated heterocycles. The fourth-order valence-corrected chi connectivity index (χ4v) is 6.36. The molecule has 160 valence electrons. The Balaban J connectivity index is 1.34. The van der Waals surface area contributed by atoms with Crippen LogP contribution in [0.5, 0.6) is 0 Å². The van der Waals surface area contributed by atoms with Crippen molar-refractivity contribution in [3.8, 4) is 0 Å². The van der Waals surface area contributed by atoms with Crippen LogP contribution in [0.3, 0.4) is 0 Å². The Morgan fingerprint density at radius 3 is 1.79 bits per heavy atom. The maximum Gasteiger partial charge on any atom is 0.254 e. The third kappa shape index (κ3) is 2.34. The summed E-state index contributed by atoms with van der Waals surface area (Å²) in [6.45, 7) is 1.97. The second-order valence-electron chi connectivity index (χ2n) is 9.21. The number of hydrazone groups is 1. The molecule has 1 aromatic heterocycles. The summed E-state index contributed by atoms with van der Waals surface area (Å²) in [5, 5.41) is 6.63. The summed E-state index contributed by atoms with van der Waals surface area (Å²) < 4.78 is 0. The molecule has 3 aliphatic carbocycles. The predicted octanol–water partition coefficient (Wildman–Crippen LogP) is 4.70. The zero-order valence-electron chi connectivity index (χ0n) is 18.0. The Labute approximate surface area is 190 Å². The van der Waals surface area contributed by atoms with Crippen LogP contribution in [0.4, 0.5) is 0 Å². The molecule has 0 radical (unpaired) electrons. The van der Waals surface area contributed by atoms with Crippen LogP contribution < -0.4 is 0 Å². The van der Waals surface area contributed by atoms with Crippen LogP contribution in [0.15, 0.2) is 77.9 Å². The van der Waals surface area contributed by atoms with Gasteiger partial charge in [-0.15, -0.1) is 0 Å². The van der Waals surface area contributed by atoms with E-state index in [4.69, 9.17) is 0 Å². The molecule has 5 heteroatoms. The first-order chi connectivity index (χ1) is 16.1. The number of fused-ring (bicyclic) bond motifs is 1. The van der Waals surface area contributed by atoms with E-state index in [1.54, 1.807) is 6.21 Å². The molecule has 2 bridgehead atoms. The highest BCUT2D eigenvalue weighted by Gasteiger charge is 2.61. The van der Waals surface area contributed by atoms with E-state index in [1.165, 1.54) is 22.3 Å². The van der Waals surface area contributed by atoms with Gasteiger partial charge in [-0.25, -0.2) is 0 Å². The number of H-pyrrole nitrogens is 1. The number of hydrogen-bond donors (Lipinski definition) is 1. The molecule has 0 spiro atoms. The lowest BCUT2D eigenvalue weighted by Gasteiger charge is -2.45. The molecule has 1 aliphatic heterocycles. The number of rotatable bonds is 2. The third-order valence-electron chi connectivity index (χ3n) is 7.67. The molecule has 0 unspecified atom stereocenters. The van der Waals surface area contributed by atoms with Gasteiger partial charge in [0.05, 0.1) is 18.1 Å². The number of imide groups is 1. The van der Waals surface area contributed by atoms with Crippen molar-refractivity contribution in [2.75, 3.05) is 0 Å². The minimum Gasteiger partial charge on any atom is -0.358 e. The highest BCUT2D eigenvalue weighted by molar-refractivity contribution is 6.09. The second kappa shape index (κ2) is 6.51. The van der Waals surface area contributed by atoms with Crippen LogP contribution in [0.2, 0.25) is 0 Å². The van der Waals surface area contributed by atoms with Crippen LogP contribution in [0.1, 0.15) is 45.3 Å². The zero-order chi connectivity index (χ0) is 22.3. The molecule has 4 aliphatic rings. The van der Waals surface area contributed by atoms with E-state index < -0.39 is 11.8 Å². The minimum absolute atomic E-state index is 0.112. The van der Waals surface area contributed by atoms with Crippen molar-refractivity contribution >= 4 is 28.9 Å². The molecule has 2 amide bonds. The molecule has 2 heterocycles. The fourth-order valence-electron chi connectivity index (χ4n) is 6.36. The first-order valence-corrected chi connectivity index (χ1v) is 11.3. The van der Waals surface area contributed by atoms with Crippen molar-refractivity contribution in [3.05, 3.63) is 106 Å². The van der Waals surface area contributed by atoms with Crippen LogP contribution in [0.25, 0.3) is 10.9 Å². The smallest absolute Gasteiger partial charge is 0.254 e. The van der Waals surface area contributed by atoms with Crippen molar-refractivity contribution < 1.29 is 9.59 Å². The minimum atomic E-state index is -0.409. The lowest BCUT2D eigenvalue weighted by Crippen LogP contribution is -2.41. The van der Waals surface area contributed by atoms with E-state index in [1.807, 2.05) is 55.5 Å². The van der Waals surface area contributed by atoms with E-state index >= 15 is 0 Å². The number of aryl methyl sites for hydroxylation is 1. The van der Waals surface area contributed by atoms with E-state index in [-0.39, 0.29) is 23.7 Å². The van der Waals surface area contributed by atoms with E-state index in [9.17, 15) is 9.59 Å². The molecular weight excluding hydrogens is 410 g/mol. The van der Waals surface area contributed by atoms with Crippen molar-refractivity contribution in [3.63, 3.8) is 0 Å². The Hall–Kier alpha value is -3.99. The first-order valence-electron chi connectivity index (χ1n) is 11.3. The Morgan fingerprint density at radius 2 is 1.24 bits per heavy atom. The molecule has 0 saturated carbocycles. The standard InChI is InChI=1S/C28H21N3O2/c1-15-21(16-8-6-7-13-22(16)30-15)14-29-31-27(32)25-23-17-9-2-3-10-18(17)24(26(25)28(31)33)20-12-5-4-11-19(20)23/h2-14,23-26,30H,1H3/b29-14-/t23?,24?,25-,26-/m1/s1. The number of aromatic nitrogens is 1. The van der Waals surface area contributed by atoms with Gasteiger partial charge < -0.3 is 4.98 Å². The van der Waals surface area contributed by atoms with Gasteiger partial charge in [0.2, 0.25) is 0 Å². The van der Waals surface area contributed by atoms with Gasteiger partial charge in [0, 0.05) is 34.0 Å². The summed E-state index contributed by atoms with van der Waals surface area (Å²) in [4.78, 5) is 30.6. The second-order valence-corrected chi connectivity index (χ2v) is 9.21. The molecule has 33 heavy (non-hydrogen) atoms. The van der Waals surface area contributed by atoms with Gasteiger partial charge in [-0.2, -0.15) is 10.1 Å². The number of carbonyl (C=O) groups excluding carboxylic acids is 2. The monoisotopic (exact) mass is 431 g/mol. The van der Waals surface area contributed by atoms with Crippen molar-refractivity contribution in [1.82, 2.24) is 9.99 Å². The Kier molecular flexibility index (Phi) is 3.67. The third-order valence-corrected chi connectivity index (χ3v) is 7.67. The van der Waals surface area contributed by atoms with E-state index in [2.05, 4.69) is 34.4 Å². The average molecular weight is 431 g/mol. The summed E-state index contributed by atoms with van der Waals surface area (Å²) in [5.74, 6) is -1.43. The number of amides is 2. The van der Waals surface area contributed by atoms with E-state index in [0.29, 0.717) is 0 Å². The molecule has 3 aromatic carbocycles. The summed E-state index contributed by atoms with van der Waals surface area (Å²) in [6, 6.07) is 24.5. The normalized spacial score (nSPS) is 25.1. The highest BCUT2D eigenvalue weighted by Crippen LogP contribution is 2.60. The highest BCUT2D eigenvalue weighted by atomic mass is 16.2. The Morgan fingerprint density at radius 1 is 0.758 bits per heavy atom. The lowest BCUT2D eigenvalue weighted by atomic mass is 9.55. The number of aromatic amines is 1. The number of para-hydroxylation sites is 1. The molecule has 5 nitrogen and oxygen atoms in total.